The number of hydrogen-bond acceptors (Lipinski definition) is 5. The highest BCUT2D eigenvalue weighted by molar-refractivity contribution is 5.75. The van der Waals surface area contributed by atoms with Crippen molar-refractivity contribution in [2.24, 2.45) is 16.7 Å². The van der Waals surface area contributed by atoms with E-state index in [1.54, 1.807) is 19.5 Å². The molecular weight excluding hydrogens is 438 g/mol. The highest BCUT2D eigenvalue weighted by Crippen LogP contribution is 2.63. The highest BCUT2D eigenvalue weighted by Gasteiger charge is 2.61. The number of pyridine rings is 1. The van der Waals surface area contributed by atoms with Gasteiger partial charge in [0.2, 0.25) is 5.91 Å². The quantitative estimate of drug-likeness (QED) is 0.489. The number of para-hydroxylation sites is 1. The van der Waals surface area contributed by atoms with E-state index in [9.17, 15) is 9.90 Å². The molecule has 0 saturated heterocycles. The first-order valence-corrected chi connectivity index (χ1v) is 12.9. The van der Waals surface area contributed by atoms with Crippen LogP contribution in [0.3, 0.4) is 0 Å². The number of fused-ring (bicyclic) bond motifs is 1. The van der Waals surface area contributed by atoms with Crippen molar-refractivity contribution in [2.75, 3.05) is 7.11 Å². The molecule has 1 amide bonds. The number of ether oxygens (including phenoxy) is 1. The van der Waals surface area contributed by atoms with Gasteiger partial charge in [-0.2, -0.15) is 0 Å². The summed E-state index contributed by atoms with van der Waals surface area (Å²) in [5, 5.41) is 17.9. The second-order valence-electron chi connectivity index (χ2n) is 11.6. The van der Waals surface area contributed by atoms with Crippen molar-refractivity contribution in [3.63, 3.8) is 0 Å². The Morgan fingerprint density at radius 3 is 2.66 bits per heavy atom. The Bertz CT molecular complexity index is 1010. The maximum absolute atomic E-state index is 12.9. The lowest BCUT2D eigenvalue weighted by molar-refractivity contribution is -0.123. The van der Waals surface area contributed by atoms with Gasteiger partial charge < -0.3 is 20.5 Å². The summed E-state index contributed by atoms with van der Waals surface area (Å²) in [4.78, 5) is 17.0. The van der Waals surface area contributed by atoms with Crippen LogP contribution in [0, 0.1) is 16.7 Å². The molecule has 2 aliphatic carbocycles. The third kappa shape index (κ3) is 5.70. The van der Waals surface area contributed by atoms with E-state index in [0.717, 1.165) is 55.5 Å². The zero-order chi connectivity index (χ0) is 25.1. The smallest absolute Gasteiger partial charge is 0.220 e. The van der Waals surface area contributed by atoms with Gasteiger partial charge in [-0.05, 0) is 73.5 Å². The molecule has 4 rings (SSSR count). The van der Waals surface area contributed by atoms with Gasteiger partial charge in [-0.1, -0.05) is 38.1 Å². The summed E-state index contributed by atoms with van der Waals surface area (Å²) in [5.74, 6) is 1.32. The van der Waals surface area contributed by atoms with Crippen molar-refractivity contribution in [2.45, 2.75) is 84.0 Å². The third-order valence-corrected chi connectivity index (χ3v) is 8.60. The summed E-state index contributed by atoms with van der Waals surface area (Å²) in [5.41, 5.74) is 1.55. The number of carbonyl (C=O) groups excluding carboxylic acids is 1. The molecule has 1 aromatic carbocycles. The summed E-state index contributed by atoms with van der Waals surface area (Å²) in [7, 11) is 1.71. The normalized spacial score (nSPS) is 29.4. The van der Waals surface area contributed by atoms with E-state index in [4.69, 9.17) is 4.74 Å². The minimum absolute atomic E-state index is 0.0284. The Morgan fingerprint density at radius 1 is 1.11 bits per heavy atom. The number of rotatable bonds is 9. The van der Waals surface area contributed by atoms with E-state index in [2.05, 4.69) is 35.5 Å². The molecule has 2 saturated carbocycles. The van der Waals surface area contributed by atoms with Gasteiger partial charge in [-0.25, -0.2) is 0 Å². The molecule has 6 nitrogen and oxygen atoms in total. The molecule has 0 aliphatic heterocycles. The zero-order valence-corrected chi connectivity index (χ0v) is 21.6. The first kappa shape index (κ1) is 25.6. The molecule has 2 aliphatic rings. The average molecular weight is 480 g/mol. The third-order valence-electron chi connectivity index (χ3n) is 8.60. The van der Waals surface area contributed by atoms with Gasteiger partial charge in [0, 0.05) is 43.5 Å². The molecule has 0 spiro atoms. The van der Waals surface area contributed by atoms with Crippen molar-refractivity contribution >= 4 is 5.91 Å². The van der Waals surface area contributed by atoms with Crippen LogP contribution in [-0.2, 0) is 17.9 Å². The molecule has 4 unspecified atom stereocenters. The monoisotopic (exact) mass is 479 g/mol. The standard InChI is InChI=1S/C29H41N3O3/c1-27(2)17-25(31-20-22-9-5-6-10-23(22)35-4)29(14-13-28(3,34)16-24(27)29)12-11-26(33)32-19-21-8-7-15-30-18-21/h5-10,15,18,24-25,31,34H,11-14,16-17,19-20H2,1-4H3,(H,32,33). The van der Waals surface area contributed by atoms with E-state index in [1.165, 1.54) is 0 Å². The fraction of sp³-hybridized carbons (Fsp3) is 0.586. The Kier molecular flexibility index (Phi) is 7.53. The molecule has 2 aromatic rings. The second kappa shape index (κ2) is 10.3. The van der Waals surface area contributed by atoms with Crippen LogP contribution in [0.4, 0.5) is 0 Å². The highest BCUT2D eigenvalue weighted by atomic mass is 16.5. The summed E-state index contributed by atoms with van der Waals surface area (Å²) >= 11 is 0. The summed E-state index contributed by atoms with van der Waals surface area (Å²) in [6.07, 6.45) is 8.33. The molecule has 6 heteroatoms. The molecule has 4 atom stereocenters. The predicted molar refractivity (Wildman–Crippen MR) is 138 cm³/mol. The van der Waals surface area contributed by atoms with Gasteiger partial charge in [0.05, 0.1) is 12.7 Å². The van der Waals surface area contributed by atoms with E-state index >= 15 is 0 Å². The van der Waals surface area contributed by atoms with E-state index in [0.29, 0.717) is 18.9 Å². The lowest BCUT2D eigenvalue weighted by Crippen LogP contribution is -2.51. The first-order chi connectivity index (χ1) is 16.7. The molecule has 190 valence electrons. The van der Waals surface area contributed by atoms with Gasteiger partial charge in [0.1, 0.15) is 5.75 Å². The van der Waals surface area contributed by atoms with E-state index in [1.807, 2.05) is 37.3 Å². The minimum atomic E-state index is -0.647. The molecule has 35 heavy (non-hydrogen) atoms. The van der Waals surface area contributed by atoms with Crippen molar-refractivity contribution in [3.8, 4) is 5.75 Å². The molecule has 3 N–H and O–H groups in total. The lowest BCUT2D eigenvalue weighted by Gasteiger charge is -2.51. The van der Waals surface area contributed by atoms with Gasteiger partial charge in [0.25, 0.3) is 0 Å². The van der Waals surface area contributed by atoms with Gasteiger partial charge >= 0.3 is 0 Å². The number of nitrogens with one attached hydrogen (secondary N) is 2. The molecule has 2 fully saturated rings. The maximum Gasteiger partial charge on any atom is 0.220 e. The Balaban J connectivity index is 1.50. The van der Waals surface area contributed by atoms with Crippen LogP contribution < -0.4 is 15.4 Å². The van der Waals surface area contributed by atoms with Gasteiger partial charge in [-0.15, -0.1) is 0 Å². The van der Waals surface area contributed by atoms with Crippen molar-refractivity contribution in [3.05, 3.63) is 59.9 Å². The van der Waals surface area contributed by atoms with Gasteiger partial charge in [0.15, 0.2) is 0 Å². The predicted octanol–water partition coefficient (Wildman–Crippen LogP) is 4.61. The Morgan fingerprint density at radius 2 is 1.91 bits per heavy atom. The fourth-order valence-corrected chi connectivity index (χ4v) is 6.73. The second-order valence-corrected chi connectivity index (χ2v) is 11.6. The van der Waals surface area contributed by atoms with Crippen molar-refractivity contribution < 1.29 is 14.6 Å². The number of nitrogens with zero attached hydrogens (tertiary/aromatic N) is 1. The van der Waals surface area contributed by atoms with Crippen LogP contribution in [0.25, 0.3) is 0 Å². The summed E-state index contributed by atoms with van der Waals surface area (Å²) < 4.78 is 5.57. The number of aliphatic hydroxyl groups is 1. The van der Waals surface area contributed by atoms with Gasteiger partial charge in [-0.3, -0.25) is 9.78 Å². The molecular formula is C29H41N3O3. The number of aromatic nitrogens is 1. The van der Waals surface area contributed by atoms with Crippen LogP contribution in [0.15, 0.2) is 48.8 Å². The van der Waals surface area contributed by atoms with Crippen LogP contribution in [0.2, 0.25) is 0 Å². The number of hydrogen-bond donors (Lipinski definition) is 3. The zero-order valence-electron chi connectivity index (χ0n) is 21.6. The molecule has 1 aromatic heterocycles. The van der Waals surface area contributed by atoms with Crippen LogP contribution >= 0.6 is 0 Å². The SMILES string of the molecule is COc1ccccc1CNC1CC(C)(C)C2CC(C)(O)CCC12CCC(=O)NCc1cccnc1. The maximum atomic E-state index is 12.9. The van der Waals surface area contributed by atoms with Crippen LogP contribution in [-0.4, -0.2) is 34.8 Å². The number of carbonyl (C=O) groups is 1. The summed E-state index contributed by atoms with van der Waals surface area (Å²) in [6, 6.07) is 12.3. The minimum Gasteiger partial charge on any atom is -0.496 e. The average Bonchev–Trinajstić information content (AvgIpc) is 3.06. The Labute approximate surface area is 209 Å². The fourth-order valence-electron chi connectivity index (χ4n) is 6.73. The van der Waals surface area contributed by atoms with Crippen LogP contribution in [0.5, 0.6) is 5.75 Å². The lowest BCUT2D eigenvalue weighted by atomic mass is 9.57. The summed E-state index contributed by atoms with van der Waals surface area (Å²) in [6.45, 7) is 7.87. The molecule has 0 radical (unpaired) electrons. The number of benzene rings is 1. The molecule has 1 heterocycles. The van der Waals surface area contributed by atoms with Crippen molar-refractivity contribution in [1.29, 1.82) is 0 Å². The van der Waals surface area contributed by atoms with Crippen LogP contribution in [0.1, 0.15) is 70.4 Å². The largest absolute Gasteiger partial charge is 0.496 e. The Hall–Kier alpha value is -2.44. The first-order valence-electron chi connectivity index (χ1n) is 12.9. The van der Waals surface area contributed by atoms with E-state index < -0.39 is 5.60 Å². The molecule has 0 bridgehead atoms. The van der Waals surface area contributed by atoms with E-state index in [-0.39, 0.29) is 22.8 Å². The number of methoxy groups -OCH3 is 1. The number of amides is 1. The topological polar surface area (TPSA) is 83.5 Å². The van der Waals surface area contributed by atoms with Crippen molar-refractivity contribution in [1.82, 2.24) is 15.6 Å².